The number of furan rings is 1. The molecule has 0 aliphatic rings. The van der Waals surface area contributed by atoms with Crippen LogP contribution in [0.3, 0.4) is 0 Å². The number of ether oxygens (including phenoxy) is 1. The van der Waals surface area contributed by atoms with Crippen LogP contribution in [0.25, 0.3) is 11.0 Å². The maximum Gasteiger partial charge on any atom is 0.246 e. The number of rotatable bonds is 4. The van der Waals surface area contributed by atoms with Crippen LogP contribution in [0.4, 0.5) is 0 Å². The van der Waals surface area contributed by atoms with Crippen molar-refractivity contribution in [3.05, 3.63) is 42.2 Å². The van der Waals surface area contributed by atoms with Gasteiger partial charge in [-0.3, -0.25) is 0 Å². The van der Waals surface area contributed by atoms with Crippen LogP contribution in [-0.2, 0) is 13.2 Å². The fourth-order valence-electron chi connectivity index (χ4n) is 2.04. The number of aryl methyl sites for hydroxylation is 1. The molecule has 2 aromatic heterocycles. The van der Waals surface area contributed by atoms with Crippen molar-refractivity contribution in [3.8, 4) is 11.8 Å². The van der Waals surface area contributed by atoms with E-state index < -0.39 is 0 Å². The Morgan fingerprint density at radius 2 is 2.25 bits per heavy atom. The van der Waals surface area contributed by atoms with Crippen LogP contribution in [-0.4, -0.2) is 14.8 Å². The zero-order valence-corrected chi connectivity index (χ0v) is 10.9. The molecule has 0 amide bonds. The summed E-state index contributed by atoms with van der Waals surface area (Å²) >= 11 is 0. The van der Waals surface area contributed by atoms with Crippen molar-refractivity contribution in [2.45, 2.75) is 20.1 Å². The number of hydrogen-bond acceptors (Lipinski definition) is 5. The molecule has 0 N–H and O–H groups in total. The molecule has 6 heteroatoms. The van der Waals surface area contributed by atoms with Gasteiger partial charge in [0.1, 0.15) is 24.6 Å². The van der Waals surface area contributed by atoms with E-state index in [1.807, 2.05) is 31.2 Å². The molecule has 0 spiro atoms. The number of hydrogen-bond donors (Lipinski definition) is 0. The van der Waals surface area contributed by atoms with Crippen molar-refractivity contribution in [3.63, 3.8) is 0 Å². The highest BCUT2D eigenvalue weighted by molar-refractivity contribution is 5.86. The molecular formula is C14H12N4O2. The number of nitrogens with zero attached hydrogens (tertiary/aromatic N) is 4. The van der Waals surface area contributed by atoms with E-state index in [0.717, 1.165) is 11.9 Å². The van der Waals surface area contributed by atoms with Crippen molar-refractivity contribution in [2.24, 2.45) is 0 Å². The van der Waals surface area contributed by atoms with Gasteiger partial charge in [0.25, 0.3) is 0 Å². The summed E-state index contributed by atoms with van der Waals surface area (Å²) in [7, 11) is 0. The van der Waals surface area contributed by atoms with Gasteiger partial charge in [0.15, 0.2) is 11.6 Å². The molecule has 3 aromatic rings. The van der Waals surface area contributed by atoms with Gasteiger partial charge in [-0.1, -0.05) is 12.1 Å². The molecule has 0 saturated carbocycles. The van der Waals surface area contributed by atoms with Gasteiger partial charge in [0.2, 0.25) is 5.76 Å². The summed E-state index contributed by atoms with van der Waals surface area (Å²) in [6.07, 6.45) is 1.49. The fraction of sp³-hybridized carbons (Fsp3) is 0.214. The molecule has 3 rings (SSSR count). The maximum atomic E-state index is 9.12. The van der Waals surface area contributed by atoms with Gasteiger partial charge >= 0.3 is 0 Å². The molecule has 0 aliphatic carbocycles. The minimum atomic E-state index is 0.175. The lowest BCUT2D eigenvalue weighted by Crippen LogP contribution is -2.07. The summed E-state index contributed by atoms with van der Waals surface area (Å²) in [5.41, 5.74) is 0.635. The molecule has 0 aliphatic heterocycles. The zero-order valence-electron chi connectivity index (χ0n) is 10.9. The third-order valence-corrected chi connectivity index (χ3v) is 2.99. The van der Waals surface area contributed by atoms with Crippen LogP contribution >= 0.6 is 0 Å². The number of para-hydroxylation sites is 1. The van der Waals surface area contributed by atoms with E-state index in [9.17, 15) is 0 Å². The Hall–Kier alpha value is -2.81. The first-order valence-corrected chi connectivity index (χ1v) is 6.24. The average molecular weight is 268 g/mol. The second-order valence-corrected chi connectivity index (χ2v) is 4.15. The van der Waals surface area contributed by atoms with Gasteiger partial charge in [0, 0.05) is 6.54 Å². The number of fused-ring (bicyclic) bond motifs is 1. The topological polar surface area (TPSA) is 76.9 Å². The Labute approximate surface area is 115 Å². The van der Waals surface area contributed by atoms with E-state index >= 15 is 0 Å². The number of aromatic nitrogens is 3. The van der Waals surface area contributed by atoms with Crippen molar-refractivity contribution >= 4 is 11.0 Å². The molecule has 0 saturated heterocycles. The van der Waals surface area contributed by atoms with Gasteiger partial charge < -0.3 is 9.15 Å². The lowest BCUT2D eigenvalue weighted by atomic mass is 10.2. The Balaban J connectivity index is 1.93. The SMILES string of the molecule is CCn1ncnc1COc1c(C#N)oc2ccccc12. The Kier molecular flexibility index (Phi) is 3.09. The molecule has 0 bridgehead atoms. The zero-order chi connectivity index (χ0) is 13.9. The number of nitriles is 1. The van der Waals surface area contributed by atoms with E-state index in [-0.39, 0.29) is 12.4 Å². The Morgan fingerprint density at radius 1 is 1.40 bits per heavy atom. The molecule has 0 radical (unpaired) electrons. The van der Waals surface area contributed by atoms with E-state index in [1.165, 1.54) is 6.33 Å². The molecule has 100 valence electrons. The molecule has 0 unspecified atom stereocenters. The van der Waals surface area contributed by atoms with Crippen LogP contribution in [0, 0.1) is 11.3 Å². The lowest BCUT2D eigenvalue weighted by Gasteiger charge is -2.05. The summed E-state index contributed by atoms with van der Waals surface area (Å²) in [4.78, 5) is 4.14. The van der Waals surface area contributed by atoms with Crippen LogP contribution in [0.2, 0.25) is 0 Å². The molecule has 1 aromatic carbocycles. The van der Waals surface area contributed by atoms with Gasteiger partial charge in [-0.15, -0.1) is 0 Å². The second-order valence-electron chi connectivity index (χ2n) is 4.15. The summed E-state index contributed by atoms with van der Waals surface area (Å²) in [6, 6.07) is 9.40. The van der Waals surface area contributed by atoms with E-state index in [4.69, 9.17) is 14.4 Å². The lowest BCUT2D eigenvalue weighted by molar-refractivity contribution is 0.285. The molecule has 6 nitrogen and oxygen atoms in total. The van der Waals surface area contributed by atoms with Crippen LogP contribution in [0.1, 0.15) is 18.5 Å². The Bertz CT molecular complexity index is 782. The van der Waals surface area contributed by atoms with Gasteiger partial charge in [-0.2, -0.15) is 10.4 Å². The molecule has 20 heavy (non-hydrogen) atoms. The standard InChI is InChI=1S/C14H12N4O2/c1-2-18-13(16-9-17-18)8-19-14-10-5-3-4-6-11(10)20-12(14)7-15/h3-6,9H,2,8H2,1H3. The monoisotopic (exact) mass is 268 g/mol. The third kappa shape index (κ3) is 1.99. The van der Waals surface area contributed by atoms with Gasteiger partial charge in [-0.25, -0.2) is 9.67 Å². The van der Waals surface area contributed by atoms with Gasteiger partial charge in [0.05, 0.1) is 5.39 Å². The first-order valence-electron chi connectivity index (χ1n) is 6.24. The molecular weight excluding hydrogens is 256 g/mol. The average Bonchev–Trinajstić information content (AvgIpc) is 3.08. The van der Waals surface area contributed by atoms with Crippen LogP contribution < -0.4 is 4.74 Å². The van der Waals surface area contributed by atoms with Crippen LogP contribution in [0.15, 0.2) is 35.0 Å². The highest BCUT2D eigenvalue weighted by Gasteiger charge is 2.16. The summed E-state index contributed by atoms with van der Waals surface area (Å²) in [5, 5.41) is 14.0. The highest BCUT2D eigenvalue weighted by atomic mass is 16.5. The largest absolute Gasteiger partial charge is 0.480 e. The Morgan fingerprint density at radius 3 is 3.05 bits per heavy atom. The summed E-state index contributed by atoms with van der Waals surface area (Å²) in [5.74, 6) is 1.34. The highest BCUT2D eigenvalue weighted by Crippen LogP contribution is 2.32. The van der Waals surface area contributed by atoms with Crippen molar-refractivity contribution < 1.29 is 9.15 Å². The smallest absolute Gasteiger partial charge is 0.246 e. The molecule has 2 heterocycles. The normalized spacial score (nSPS) is 10.6. The predicted molar refractivity (Wildman–Crippen MR) is 71.0 cm³/mol. The maximum absolute atomic E-state index is 9.12. The third-order valence-electron chi connectivity index (χ3n) is 2.99. The van der Waals surface area contributed by atoms with E-state index in [0.29, 0.717) is 17.2 Å². The first kappa shape index (κ1) is 12.2. The molecule has 0 atom stereocenters. The summed E-state index contributed by atoms with van der Waals surface area (Å²) in [6.45, 7) is 2.94. The fourth-order valence-corrected chi connectivity index (χ4v) is 2.04. The predicted octanol–water partition coefficient (Wildman–Crippen LogP) is 2.49. The molecule has 0 fully saturated rings. The second kappa shape index (κ2) is 5.05. The first-order chi connectivity index (χ1) is 9.83. The van der Waals surface area contributed by atoms with E-state index in [1.54, 1.807) is 10.7 Å². The minimum Gasteiger partial charge on any atom is -0.480 e. The summed E-state index contributed by atoms with van der Waals surface area (Å²) < 4.78 is 12.9. The van der Waals surface area contributed by atoms with Gasteiger partial charge in [-0.05, 0) is 19.1 Å². The van der Waals surface area contributed by atoms with Crippen molar-refractivity contribution in [2.75, 3.05) is 0 Å². The quantitative estimate of drug-likeness (QED) is 0.726. The van der Waals surface area contributed by atoms with Crippen molar-refractivity contribution in [1.82, 2.24) is 14.8 Å². The number of benzene rings is 1. The van der Waals surface area contributed by atoms with Crippen LogP contribution in [0.5, 0.6) is 5.75 Å². The van der Waals surface area contributed by atoms with Crippen molar-refractivity contribution in [1.29, 1.82) is 5.26 Å². The minimum absolute atomic E-state index is 0.175. The van der Waals surface area contributed by atoms with E-state index in [2.05, 4.69) is 10.1 Å².